The molecule has 2 aromatic rings. The van der Waals surface area contributed by atoms with Gasteiger partial charge in [-0.15, -0.1) is 24.8 Å². The topological polar surface area (TPSA) is 42.5 Å². The highest BCUT2D eigenvalue weighted by molar-refractivity contribution is 5.85. The van der Waals surface area contributed by atoms with Gasteiger partial charge in [-0.3, -0.25) is 0 Å². The summed E-state index contributed by atoms with van der Waals surface area (Å²) in [4.78, 5) is 0. The molecule has 0 saturated heterocycles. The Labute approximate surface area is 199 Å². The highest BCUT2D eigenvalue weighted by Gasteiger charge is 2.11. The lowest BCUT2D eigenvalue weighted by atomic mass is 10.1. The molecular weight excluding hydrogens is 438 g/mol. The lowest BCUT2D eigenvalue weighted by molar-refractivity contribution is 0.337. The van der Waals surface area contributed by atoms with Crippen molar-refractivity contribution in [1.29, 1.82) is 0 Å². The van der Waals surface area contributed by atoms with Crippen LogP contribution in [-0.4, -0.2) is 40.4 Å². The molecule has 176 valence electrons. The summed E-state index contributed by atoms with van der Waals surface area (Å²) in [5.41, 5.74) is 2.30. The van der Waals surface area contributed by atoms with Crippen LogP contribution >= 0.6 is 24.8 Å². The van der Waals surface area contributed by atoms with Crippen molar-refractivity contribution in [2.24, 2.45) is 0 Å². The van der Waals surface area contributed by atoms with Gasteiger partial charge in [-0.1, -0.05) is 43.2 Å². The lowest BCUT2D eigenvalue weighted by Gasteiger charge is -2.11. The number of halogens is 3. The van der Waals surface area contributed by atoms with Crippen LogP contribution in [-0.2, 0) is 12.8 Å². The van der Waals surface area contributed by atoms with Crippen molar-refractivity contribution in [3.8, 4) is 11.5 Å². The normalized spacial score (nSPS) is 10.2. The molecule has 0 radical (unpaired) electrons. The minimum Gasteiger partial charge on any atom is -0.493 e. The van der Waals surface area contributed by atoms with Crippen molar-refractivity contribution in [3.63, 3.8) is 0 Å². The van der Waals surface area contributed by atoms with Gasteiger partial charge in [0.1, 0.15) is 0 Å². The third-order valence-electron chi connectivity index (χ3n) is 4.97. The number of hydrogen-bond acceptors (Lipinski definition) is 4. The summed E-state index contributed by atoms with van der Waals surface area (Å²) >= 11 is 0. The molecule has 0 unspecified atom stereocenters. The monoisotopic (exact) mass is 474 g/mol. The van der Waals surface area contributed by atoms with Gasteiger partial charge in [-0.2, -0.15) is 0 Å². The number of hydrogen-bond donors (Lipinski definition) is 2. The minimum absolute atomic E-state index is 0. The first-order valence-electron chi connectivity index (χ1n) is 10.6. The highest BCUT2D eigenvalue weighted by atomic mass is 35.5. The van der Waals surface area contributed by atoms with Crippen molar-refractivity contribution in [3.05, 3.63) is 59.4 Å². The molecule has 0 aromatic heterocycles. The molecule has 2 rings (SSSR count). The molecule has 0 heterocycles. The van der Waals surface area contributed by atoms with E-state index in [9.17, 15) is 4.39 Å². The Hall–Kier alpha value is -1.53. The zero-order valence-corrected chi connectivity index (χ0v) is 20.3. The summed E-state index contributed by atoms with van der Waals surface area (Å²) in [7, 11) is 2.97. The Morgan fingerprint density at radius 3 is 1.84 bits per heavy atom. The van der Waals surface area contributed by atoms with Crippen LogP contribution in [0.25, 0.3) is 0 Å². The predicted octanol–water partition coefficient (Wildman–Crippen LogP) is 5.21. The molecule has 0 aliphatic heterocycles. The van der Waals surface area contributed by atoms with E-state index in [0.29, 0.717) is 5.75 Å². The molecular formula is C24H37Cl2FN2O2. The fourth-order valence-electron chi connectivity index (χ4n) is 3.33. The second kappa shape index (κ2) is 18.1. The summed E-state index contributed by atoms with van der Waals surface area (Å²) in [5, 5.41) is 6.96. The van der Waals surface area contributed by atoms with E-state index in [2.05, 4.69) is 41.0 Å². The summed E-state index contributed by atoms with van der Waals surface area (Å²) in [6, 6.07) is 14.0. The van der Waals surface area contributed by atoms with Crippen molar-refractivity contribution in [2.75, 3.05) is 40.4 Å². The predicted molar refractivity (Wildman–Crippen MR) is 132 cm³/mol. The molecule has 31 heavy (non-hydrogen) atoms. The summed E-state index contributed by atoms with van der Waals surface area (Å²) in [6.07, 6.45) is 6.74. The molecule has 0 spiro atoms. The first-order chi connectivity index (χ1) is 14.2. The molecule has 0 fully saturated rings. The standard InChI is InChI=1S/C24H35FN2O2.2ClH/c1-28-23-19-21(18-22(25)24(23)29-2)13-17-27-15-9-4-3-8-14-26-16-12-20-10-6-5-7-11-20;;/h5-7,10-11,18-19,26-27H,3-4,8-9,12-17H2,1-2H3;2*1H. The van der Waals surface area contributed by atoms with Crippen molar-refractivity contribution in [2.45, 2.75) is 38.5 Å². The molecule has 0 bridgehead atoms. The van der Waals surface area contributed by atoms with Crippen LogP contribution in [0.2, 0.25) is 0 Å². The maximum Gasteiger partial charge on any atom is 0.196 e. The summed E-state index contributed by atoms with van der Waals surface area (Å²) < 4.78 is 24.2. The zero-order valence-electron chi connectivity index (χ0n) is 18.6. The Kier molecular flexibility index (Phi) is 17.2. The Morgan fingerprint density at radius 2 is 1.29 bits per heavy atom. The van der Waals surface area contributed by atoms with E-state index in [-0.39, 0.29) is 36.4 Å². The second-order valence-corrected chi connectivity index (χ2v) is 7.21. The molecule has 7 heteroatoms. The summed E-state index contributed by atoms with van der Waals surface area (Å²) in [6.45, 7) is 3.96. The third kappa shape index (κ3) is 11.6. The van der Waals surface area contributed by atoms with Gasteiger partial charge in [0.25, 0.3) is 0 Å². The molecule has 0 aliphatic rings. The number of ether oxygens (including phenoxy) is 2. The van der Waals surface area contributed by atoms with E-state index >= 15 is 0 Å². The number of nitrogens with one attached hydrogen (secondary N) is 2. The first-order valence-corrected chi connectivity index (χ1v) is 10.6. The third-order valence-corrected chi connectivity index (χ3v) is 4.97. The Balaban J connectivity index is 0.00000450. The van der Waals surface area contributed by atoms with Crippen molar-refractivity contribution in [1.82, 2.24) is 10.6 Å². The minimum atomic E-state index is -0.376. The molecule has 0 aliphatic carbocycles. The van der Waals surface area contributed by atoms with E-state index in [0.717, 1.165) is 44.6 Å². The quantitative estimate of drug-likeness (QED) is 0.347. The van der Waals surface area contributed by atoms with Gasteiger partial charge in [0.2, 0.25) is 0 Å². The largest absolute Gasteiger partial charge is 0.493 e. The van der Waals surface area contributed by atoms with Crippen molar-refractivity contribution >= 4 is 24.8 Å². The van der Waals surface area contributed by atoms with E-state index in [4.69, 9.17) is 9.47 Å². The first kappa shape index (κ1) is 29.5. The van der Waals surface area contributed by atoms with E-state index in [1.165, 1.54) is 51.5 Å². The van der Waals surface area contributed by atoms with Gasteiger partial charge in [0.05, 0.1) is 14.2 Å². The van der Waals surface area contributed by atoms with Crippen LogP contribution in [0.3, 0.4) is 0 Å². The fraction of sp³-hybridized carbons (Fsp3) is 0.500. The SMILES string of the molecule is COc1cc(CCNCCCCCCNCCc2ccccc2)cc(F)c1OC.Cl.Cl. The average molecular weight is 475 g/mol. The number of benzene rings is 2. The van der Waals surface area contributed by atoms with Crippen LogP contribution in [0, 0.1) is 5.82 Å². The van der Waals surface area contributed by atoms with E-state index in [1.54, 1.807) is 0 Å². The highest BCUT2D eigenvalue weighted by Crippen LogP contribution is 2.31. The average Bonchev–Trinajstić information content (AvgIpc) is 2.74. The van der Waals surface area contributed by atoms with Gasteiger partial charge in [-0.05, 0) is 75.1 Å². The van der Waals surface area contributed by atoms with E-state index < -0.39 is 0 Å². The van der Waals surface area contributed by atoms with Crippen LogP contribution in [0.1, 0.15) is 36.8 Å². The van der Waals surface area contributed by atoms with Crippen LogP contribution < -0.4 is 20.1 Å². The number of rotatable bonds is 15. The maximum atomic E-state index is 14.0. The molecule has 0 atom stereocenters. The fourth-order valence-corrected chi connectivity index (χ4v) is 3.33. The molecule has 0 saturated carbocycles. The Morgan fingerprint density at radius 1 is 0.710 bits per heavy atom. The number of methoxy groups -OCH3 is 2. The van der Waals surface area contributed by atoms with Gasteiger partial charge in [0.15, 0.2) is 17.3 Å². The zero-order chi connectivity index (χ0) is 20.7. The Bertz CT molecular complexity index is 705. The number of unbranched alkanes of at least 4 members (excludes halogenated alkanes) is 3. The van der Waals surface area contributed by atoms with Gasteiger partial charge in [0, 0.05) is 0 Å². The van der Waals surface area contributed by atoms with Gasteiger partial charge >= 0.3 is 0 Å². The van der Waals surface area contributed by atoms with E-state index in [1.807, 2.05) is 6.07 Å². The van der Waals surface area contributed by atoms with Gasteiger partial charge in [-0.25, -0.2) is 4.39 Å². The smallest absolute Gasteiger partial charge is 0.196 e. The maximum absolute atomic E-state index is 14.0. The lowest BCUT2D eigenvalue weighted by Crippen LogP contribution is -2.19. The second-order valence-electron chi connectivity index (χ2n) is 7.21. The summed E-state index contributed by atoms with van der Waals surface area (Å²) in [5.74, 6) is 0.234. The molecule has 2 aromatic carbocycles. The van der Waals surface area contributed by atoms with Crippen LogP contribution in [0.5, 0.6) is 11.5 Å². The molecule has 4 nitrogen and oxygen atoms in total. The molecule has 0 amide bonds. The molecule has 2 N–H and O–H groups in total. The van der Waals surface area contributed by atoms with Crippen LogP contribution in [0.4, 0.5) is 4.39 Å². The van der Waals surface area contributed by atoms with Crippen LogP contribution in [0.15, 0.2) is 42.5 Å². The van der Waals surface area contributed by atoms with Gasteiger partial charge < -0.3 is 20.1 Å². The van der Waals surface area contributed by atoms with Crippen molar-refractivity contribution < 1.29 is 13.9 Å².